The summed E-state index contributed by atoms with van der Waals surface area (Å²) in [6, 6.07) is 0.316. The van der Waals surface area contributed by atoms with E-state index in [4.69, 9.17) is 0 Å². The molecule has 1 amide bonds. The second-order valence-corrected chi connectivity index (χ2v) is 6.45. The first-order valence-corrected chi connectivity index (χ1v) is 8.17. The van der Waals surface area contributed by atoms with Crippen LogP contribution in [0.4, 0.5) is 0 Å². The van der Waals surface area contributed by atoms with Gasteiger partial charge >= 0.3 is 0 Å². The highest BCUT2D eigenvalue weighted by Gasteiger charge is 2.28. The summed E-state index contributed by atoms with van der Waals surface area (Å²) >= 11 is 0. The van der Waals surface area contributed by atoms with Crippen molar-refractivity contribution in [3.8, 4) is 0 Å². The van der Waals surface area contributed by atoms with E-state index >= 15 is 0 Å². The topological polar surface area (TPSA) is 38.1 Å². The SMILES string of the molecule is Cc1cnn(C[C@H]2CCCCN2C(=O)C[C@@H]2C=CCC2)c1. The van der Waals surface area contributed by atoms with E-state index in [0.29, 0.717) is 24.3 Å². The Morgan fingerprint density at radius 1 is 1.38 bits per heavy atom. The Balaban J connectivity index is 1.62. The van der Waals surface area contributed by atoms with Gasteiger partial charge in [-0.15, -0.1) is 0 Å². The van der Waals surface area contributed by atoms with Gasteiger partial charge in [0.15, 0.2) is 0 Å². The summed E-state index contributed by atoms with van der Waals surface area (Å²) < 4.78 is 1.99. The highest BCUT2D eigenvalue weighted by Crippen LogP contribution is 2.25. The summed E-state index contributed by atoms with van der Waals surface area (Å²) in [5.41, 5.74) is 1.18. The summed E-state index contributed by atoms with van der Waals surface area (Å²) in [5.74, 6) is 0.798. The van der Waals surface area contributed by atoms with E-state index in [-0.39, 0.29) is 0 Å². The standard InChI is InChI=1S/C17H25N3O/c1-14-11-18-19(12-14)13-16-8-4-5-9-20(16)17(21)10-15-6-2-3-7-15/h2,6,11-12,15-16H,3-5,7-10,13H2,1H3/t15-,16-/m1/s1. The molecule has 1 fully saturated rings. The number of carbonyl (C=O) groups excluding carboxylic acids is 1. The van der Waals surface area contributed by atoms with Crippen molar-refractivity contribution >= 4 is 5.91 Å². The first kappa shape index (κ1) is 14.4. The number of piperidine rings is 1. The van der Waals surface area contributed by atoms with Crippen LogP contribution in [0.2, 0.25) is 0 Å². The summed E-state index contributed by atoms with van der Waals surface area (Å²) in [6.45, 7) is 3.81. The molecule has 0 unspecified atom stereocenters. The summed E-state index contributed by atoms with van der Waals surface area (Å²) in [6.07, 6.45) is 14.8. The number of likely N-dealkylation sites (tertiary alicyclic amines) is 1. The molecule has 1 aromatic heterocycles. The van der Waals surface area contributed by atoms with Gasteiger partial charge in [-0.3, -0.25) is 9.48 Å². The van der Waals surface area contributed by atoms with Crippen molar-refractivity contribution < 1.29 is 4.79 Å². The van der Waals surface area contributed by atoms with Crippen molar-refractivity contribution in [2.45, 2.75) is 58.0 Å². The Bertz CT molecular complexity index is 520. The van der Waals surface area contributed by atoms with Crippen molar-refractivity contribution in [1.29, 1.82) is 0 Å². The minimum Gasteiger partial charge on any atom is -0.338 e. The zero-order valence-electron chi connectivity index (χ0n) is 12.9. The largest absolute Gasteiger partial charge is 0.338 e. The number of hydrogen-bond acceptors (Lipinski definition) is 2. The Kier molecular flexibility index (Phi) is 4.42. The van der Waals surface area contributed by atoms with E-state index in [2.05, 4.69) is 35.3 Å². The van der Waals surface area contributed by atoms with Gasteiger partial charge in [0.2, 0.25) is 5.91 Å². The van der Waals surface area contributed by atoms with Gasteiger partial charge in [0.1, 0.15) is 0 Å². The number of aromatic nitrogens is 2. The molecule has 2 atom stereocenters. The molecular formula is C17H25N3O. The highest BCUT2D eigenvalue weighted by molar-refractivity contribution is 5.77. The Morgan fingerprint density at radius 3 is 3.00 bits per heavy atom. The Morgan fingerprint density at radius 2 is 2.29 bits per heavy atom. The lowest BCUT2D eigenvalue weighted by Crippen LogP contribution is -2.46. The number of amides is 1. The minimum absolute atomic E-state index is 0.316. The van der Waals surface area contributed by atoms with Crippen molar-refractivity contribution in [3.63, 3.8) is 0 Å². The minimum atomic E-state index is 0.316. The number of carbonyl (C=O) groups is 1. The zero-order valence-corrected chi connectivity index (χ0v) is 12.9. The zero-order chi connectivity index (χ0) is 14.7. The number of rotatable bonds is 4. The van der Waals surface area contributed by atoms with Gasteiger partial charge in [-0.1, -0.05) is 12.2 Å². The van der Waals surface area contributed by atoms with Crippen molar-refractivity contribution in [2.24, 2.45) is 5.92 Å². The van der Waals surface area contributed by atoms with Crippen LogP contribution in [-0.2, 0) is 11.3 Å². The van der Waals surface area contributed by atoms with Crippen LogP contribution in [0.1, 0.15) is 44.1 Å². The van der Waals surface area contributed by atoms with Gasteiger partial charge in [-0.2, -0.15) is 5.10 Å². The van der Waals surface area contributed by atoms with E-state index in [1.54, 1.807) is 0 Å². The maximum atomic E-state index is 12.6. The first-order chi connectivity index (χ1) is 10.2. The van der Waals surface area contributed by atoms with Crippen molar-refractivity contribution in [2.75, 3.05) is 6.54 Å². The fourth-order valence-corrected chi connectivity index (χ4v) is 3.51. The van der Waals surface area contributed by atoms with Crippen LogP contribution in [0.15, 0.2) is 24.5 Å². The fraction of sp³-hybridized carbons (Fsp3) is 0.647. The molecule has 1 aromatic rings. The molecule has 4 nitrogen and oxygen atoms in total. The predicted octanol–water partition coefficient (Wildman–Crippen LogP) is 2.93. The Hall–Kier alpha value is -1.58. The van der Waals surface area contributed by atoms with Gasteiger partial charge in [0.05, 0.1) is 18.8 Å². The van der Waals surface area contributed by atoms with Crippen molar-refractivity contribution in [3.05, 3.63) is 30.1 Å². The van der Waals surface area contributed by atoms with Crippen LogP contribution < -0.4 is 0 Å². The number of allylic oxidation sites excluding steroid dienone is 2. The van der Waals surface area contributed by atoms with Crippen LogP contribution in [0.5, 0.6) is 0 Å². The second kappa shape index (κ2) is 6.46. The molecule has 3 rings (SSSR count). The predicted molar refractivity (Wildman–Crippen MR) is 82.8 cm³/mol. The molecule has 2 heterocycles. The molecule has 1 aliphatic carbocycles. The van der Waals surface area contributed by atoms with Crippen LogP contribution in [-0.4, -0.2) is 33.2 Å². The third-order valence-corrected chi connectivity index (χ3v) is 4.66. The van der Waals surface area contributed by atoms with E-state index in [9.17, 15) is 4.79 Å². The molecule has 2 aliphatic rings. The van der Waals surface area contributed by atoms with E-state index in [0.717, 1.165) is 38.8 Å². The quantitative estimate of drug-likeness (QED) is 0.799. The average Bonchev–Trinajstić information content (AvgIpc) is 3.11. The number of nitrogens with zero attached hydrogens (tertiary/aromatic N) is 3. The van der Waals surface area contributed by atoms with Gasteiger partial charge in [-0.05, 0) is 50.5 Å². The smallest absolute Gasteiger partial charge is 0.223 e. The van der Waals surface area contributed by atoms with Crippen LogP contribution in [0.3, 0.4) is 0 Å². The third kappa shape index (κ3) is 3.55. The molecule has 4 heteroatoms. The molecule has 114 valence electrons. The molecule has 0 N–H and O–H groups in total. The monoisotopic (exact) mass is 287 g/mol. The lowest BCUT2D eigenvalue weighted by molar-refractivity contribution is -0.136. The van der Waals surface area contributed by atoms with Gasteiger partial charge in [0.25, 0.3) is 0 Å². The van der Waals surface area contributed by atoms with Crippen molar-refractivity contribution in [1.82, 2.24) is 14.7 Å². The van der Waals surface area contributed by atoms with Crippen LogP contribution in [0.25, 0.3) is 0 Å². The average molecular weight is 287 g/mol. The van der Waals surface area contributed by atoms with E-state index < -0.39 is 0 Å². The molecular weight excluding hydrogens is 262 g/mol. The van der Waals surface area contributed by atoms with E-state index in [1.165, 1.54) is 12.0 Å². The summed E-state index contributed by atoms with van der Waals surface area (Å²) in [5, 5.41) is 4.37. The number of hydrogen-bond donors (Lipinski definition) is 0. The molecule has 0 spiro atoms. The van der Waals surface area contributed by atoms with E-state index in [1.807, 2.05) is 10.9 Å². The molecule has 0 radical (unpaired) electrons. The molecule has 21 heavy (non-hydrogen) atoms. The first-order valence-electron chi connectivity index (χ1n) is 8.17. The highest BCUT2D eigenvalue weighted by atomic mass is 16.2. The van der Waals surface area contributed by atoms with Gasteiger partial charge in [-0.25, -0.2) is 0 Å². The summed E-state index contributed by atoms with van der Waals surface area (Å²) in [7, 11) is 0. The lowest BCUT2D eigenvalue weighted by Gasteiger charge is -2.36. The second-order valence-electron chi connectivity index (χ2n) is 6.45. The van der Waals surface area contributed by atoms with Crippen LogP contribution >= 0.6 is 0 Å². The van der Waals surface area contributed by atoms with Crippen LogP contribution in [0, 0.1) is 12.8 Å². The fourth-order valence-electron chi connectivity index (χ4n) is 3.51. The molecule has 0 bridgehead atoms. The van der Waals surface area contributed by atoms with Gasteiger partial charge < -0.3 is 4.90 Å². The maximum Gasteiger partial charge on any atom is 0.223 e. The third-order valence-electron chi connectivity index (χ3n) is 4.66. The normalized spacial score (nSPS) is 25.5. The summed E-state index contributed by atoms with van der Waals surface area (Å²) in [4.78, 5) is 14.7. The van der Waals surface area contributed by atoms with Gasteiger partial charge in [0, 0.05) is 19.2 Å². The molecule has 0 aromatic carbocycles. The number of aryl methyl sites for hydroxylation is 1. The maximum absolute atomic E-state index is 12.6. The Labute approximate surface area is 126 Å². The lowest BCUT2D eigenvalue weighted by atomic mass is 9.98. The molecule has 0 saturated carbocycles. The molecule has 1 saturated heterocycles. The molecule has 1 aliphatic heterocycles.